The Kier molecular flexibility index (Phi) is 5.58. The largest absolute Gasteiger partial charge is 0.329 e. The van der Waals surface area contributed by atoms with Gasteiger partial charge in [0.2, 0.25) is 0 Å². The molecule has 0 saturated heterocycles. The van der Waals surface area contributed by atoms with Crippen LogP contribution in [0.4, 0.5) is 5.69 Å². The van der Waals surface area contributed by atoms with Crippen molar-refractivity contribution in [3.63, 3.8) is 0 Å². The molecule has 4 aromatic rings. The third-order valence-corrected chi connectivity index (χ3v) is 5.19. The Morgan fingerprint density at radius 2 is 1.77 bits per heavy atom. The molecule has 2 aromatic heterocycles. The number of H-pyrrole nitrogens is 2. The van der Waals surface area contributed by atoms with E-state index >= 15 is 0 Å². The molecule has 0 radical (unpaired) electrons. The Bertz CT molecular complexity index is 1500. The van der Waals surface area contributed by atoms with E-state index in [1.54, 1.807) is 18.2 Å². The van der Waals surface area contributed by atoms with Crippen LogP contribution >= 0.6 is 23.2 Å². The summed E-state index contributed by atoms with van der Waals surface area (Å²) in [6.07, 6.45) is 0.0243. The molecule has 2 heterocycles. The Morgan fingerprint density at radius 1 is 1.03 bits per heavy atom. The highest BCUT2D eigenvalue weighted by Crippen LogP contribution is 2.29. The van der Waals surface area contributed by atoms with Crippen LogP contribution in [0.1, 0.15) is 11.3 Å². The minimum Gasteiger partial charge on any atom is -0.305 e. The molecule has 0 aliphatic rings. The fourth-order valence-corrected chi connectivity index (χ4v) is 3.50. The van der Waals surface area contributed by atoms with Crippen molar-refractivity contribution in [2.75, 3.05) is 0 Å². The molecular weight excluding hydrogens is 441 g/mol. The van der Waals surface area contributed by atoms with Gasteiger partial charge in [-0.05, 0) is 23.8 Å². The maximum atomic E-state index is 12.7. The highest BCUT2D eigenvalue weighted by molar-refractivity contribution is 6.36. The Labute approximate surface area is 184 Å². The Morgan fingerprint density at radius 3 is 2.48 bits per heavy atom. The number of benzene rings is 2. The van der Waals surface area contributed by atoms with E-state index in [0.717, 1.165) is 10.1 Å². The number of nitrogens with one attached hydrogen (secondary N) is 2. The third kappa shape index (κ3) is 4.21. The van der Waals surface area contributed by atoms with Gasteiger partial charge in [0.15, 0.2) is 5.52 Å². The van der Waals surface area contributed by atoms with Crippen molar-refractivity contribution in [1.82, 2.24) is 19.5 Å². The number of hydrogen-bond donors (Lipinski definition) is 2. The second-order valence-corrected chi connectivity index (χ2v) is 7.57. The first-order chi connectivity index (χ1) is 14.8. The maximum Gasteiger partial charge on any atom is 0.329 e. The molecule has 31 heavy (non-hydrogen) atoms. The van der Waals surface area contributed by atoms with E-state index in [1.165, 1.54) is 7.05 Å². The van der Waals surface area contributed by atoms with Crippen molar-refractivity contribution in [2.24, 2.45) is 12.0 Å². The predicted octanol–water partition coefficient (Wildman–Crippen LogP) is 2.98. The molecule has 0 spiro atoms. The first-order valence-electron chi connectivity index (χ1n) is 9.14. The van der Waals surface area contributed by atoms with Gasteiger partial charge in [0.1, 0.15) is 11.3 Å². The Hall–Kier alpha value is -3.49. The maximum absolute atomic E-state index is 12.7. The van der Waals surface area contributed by atoms with Crippen molar-refractivity contribution in [3.05, 3.63) is 101 Å². The summed E-state index contributed by atoms with van der Waals surface area (Å²) in [7, 11) is 1.43. The van der Waals surface area contributed by atoms with E-state index in [2.05, 4.69) is 19.9 Å². The number of fused-ring (bicyclic) bond motifs is 1. The van der Waals surface area contributed by atoms with Crippen LogP contribution in [0.15, 0.2) is 67.9 Å². The molecule has 0 atom stereocenters. The topological polar surface area (TPSA) is 113 Å². The lowest BCUT2D eigenvalue weighted by Gasteiger charge is -2.09. The zero-order valence-electron chi connectivity index (χ0n) is 16.1. The van der Waals surface area contributed by atoms with Gasteiger partial charge in [-0.3, -0.25) is 24.1 Å². The first kappa shape index (κ1) is 20.8. The minimum atomic E-state index is -0.686. The van der Waals surface area contributed by atoms with E-state index in [1.807, 2.05) is 30.3 Å². The smallest absolute Gasteiger partial charge is 0.305 e. The fraction of sp³-hybridized carbons (Fsp3) is 0.0952. The van der Waals surface area contributed by atoms with Crippen LogP contribution in [-0.2, 0) is 13.5 Å². The summed E-state index contributed by atoms with van der Waals surface area (Å²) in [5, 5.41) is 0.829. The molecule has 0 unspecified atom stereocenters. The normalized spacial score (nSPS) is 11.8. The predicted molar refractivity (Wildman–Crippen MR) is 121 cm³/mol. The zero-order chi connectivity index (χ0) is 22.1. The molecule has 4 rings (SSSR count). The van der Waals surface area contributed by atoms with Crippen LogP contribution in [0.5, 0.6) is 0 Å². The molecule has 0 aliphatic carbocycles. The summed E-state index contributed by atoms with van der Waals surface area (Å²) in [4.78, 5) is 50.3. The van der Waals surface area contributed by atoms with Gasteiger partial charge in [-0.1, -0.05) is 53.5 Å². The van der Waals surface area contributed by atoms with Gasteiger partial charge in [-0.15, -0.1) is 0 Å². The van der Waals surface area contributed by atoms with Gasteiger partial charge in [-0.2, -0.15) is 0 Å². The van der Waals surface area contributed by atoms with E-state index in [9.17, 15) is 14.4 Å². The van der Waals surface area contributed by atoms with Gasteiger partial charge in [-0.25, -0.2) is 9.78 Å². The fourth-order valence-electron chi connectivity index (χ4n) is 3.05. The average Bonchev–Trinajstić information content (AvgIpc) is 2.75. The molecule has 0 aliphatic heterocycles. The number of halogens is 2. The van der Waals surface area contributed by atoms with Crippen molar-refractivity contribution in [3.8, 4) is 0 Å². The zero-order valence-corrected chi connectivity index (χ0v) is 17.7. The molecule has 0 fully saturated rings. The van der Waals surface area contributed by atoms with E-state index in [4.69, 9.17) is 23.2 Å². The van der Waals surface area contributed by atoms with Crippen molar-refractivity contribution < 1.29 is 0 Å². The van der Waals surface area contributed by atoms with Crippen LogP contribution in [0.25, 0.3) is 11.2 Å². The molecule has 0 saturated carbocycles. The van der Waals surface area contributed by atoms with Crippen molar-refractivity contribution in [1.29, 1.82) is 0 Å². The lowest BCUT2D eigenvalue weighted by atomic mass is 10.1. The summed E-state index contributed by atoms with van der Waals surface area (Å²) in [5.41, 5.74) is -0.0468. The molecule has 156 valence electrons. The van der Waals surface area contributed by atoms with E-state index in [0.29, 0.717) is 21.4 Å². The second-order valence-electron chi connectivity index (χ2n) is 6.73. The molecule has 2 aromatic carbocycles. The molecule has 0 bridgehead atoms. The number of aromatic amines is 2. The van der Waals surface area contributed by atoms with Crippen LogP contribution in [0.3, 0.4) is 0 Å². The monoisotopic (exact) mass is 455 g/mol. The lowest BCUT2D eigenvalue weighted by molar-refractivity contribution is 0.817. The van der Waals surface area contributed by atoms with Crippen LogP contribution in [-0.4, -0.2) is 25.2 Å². The second kappa shape index (κ2) is 8.33. The minimum absolute atomic E-state index is 0.0243. The number of aliphatic imine (C=N–C) groups is 1. The molecular formula is C21H15Cl2N5O3. The van der Waals surface area contributed by atoms with Gasteiger partial charge in [0, 0.05) is 18.5 Å². The molecule has 10 heteroatoms. The first-order valence-corrected chi connectivity index (χ1v) is 9.89. The Balaban J connectivity index is 1.88. The van der Waals surface area contributed by atoms with Gasteiger partial charge in [0.05, 0.1) is 16.4 Å². The summed E-state index contributed by atoms with van der Waals surface area (Å²) in [6.45, 7) is 0. The summed E-state index contributed by atoms with van der Waals surface area (Å²) >= 11 is 12.2. The van der Waals surface area contributed by atoms with Crippen LogP contribution in [0.2, 0.25) is 10.0 Å². The number of aryl methyl sites for hydroxylation is 1. The third-order valence-electron chi connectivity index (χ3n) is 4.65. The summed E-state index contributed by atoms with van der Waals surface area (Å²) in [5.74, 6) is 0. The standard InChI is InChI=1S/C21H15Cl2N5O3/c1-28-18-17(20(30)27-21(28)31)25-16(19(29)26-18)10-15(11-5-3-2-4-6-11)24-14-8-7-12(22)9-13(14)23/h2-9H,10H2,1H3,(H,26,29)(H,27,30,31). The van der Waals surface area contributed by atoms with E-state index in [-0.39, 0.29) is 23.3 Å². The van der Waals surface area contributed by atoms with Crippen LogP contribution < -0.4 is 16.8 Å². The SMILES string of the molecule is Cn1c(=O)[nH]c(=O)c2nc(CC(=Nc3ccc(Cl)cc3Cl)c3ccccc3)c(=O)[nH]c21. The van der Waals surface area contributed by atoms with Crippen molar-refractivity contribution in [2.45, 2.75) is 6.42 Å². The number of hydrogen-bond acceptors (Lipinski definition) is 5. The average molecular weight is 456 g/mol. The highest BCUT2D eigenvalue weighted by atomic mass is 35.5. The van der Waals surface area contributed by atoms with Crippen molar-refractivity contribution >= 4 is 45.8 Å². The quantitative estimate of drug-likeness (QED) is 0.460. The molecule has 8 nitrogen and oxygen atoms in total. The van der Waals surface area contributed by atoms with E-state index < -0.39 is 16.8 Å². The van der Waals surface area contributed by atoms with Crippen LogP contribution in [0, 0.1) is 0 Å². The summed E-state index contributed by atoms with van der Waals surface area (Å²) < 4.78 is 1.12. The number of nitrogens with zero attached hydrogens (tertiary/aromatic N) is 3. The molecule has 2 N–H and O–H groups in total. The van der Waals surface area contributed by atoms with Gasteiger partial charge >= 0.3 is 5.69 Å². The van der Waals surface area contributed by atoms with Gasteiger partial charge < -0.3 is 4.98 Å². The lowest BCUT2D eigenvalue weighted by Crippen LogP contribution is -2.32. The number of rotatable bonds is 4. The molecule has 0 amide bonds. The van der Waals surface area contributed by atoms with Gasteiger partial charge in [0.25, 0.3) is 11.1 Å². The number of aromatic nitrogens is 4. The highest BCUT2D eigenvalue weighted by Gasteiger charge is 2.15. The summed E-state index contributed by atoms with van der Waals surface area (Å²) in [6, 6.07) is 14.1.